The molecule has 3 aromatic rings. The molecule has 0 spiro atoms. The lowest BCUT2D eigenvalue weighted by Crippen LogP contribution is -2.42. The normalized spacial score (nSPS) is 19.0. The Morgan fingerprint density at radius 2 is 1.81 bits per heavy atom. The van der Waals surface area contributed by atoms with E-state index >= 15 is 0 Å². The van der Waals surface area contributed by atoms with Gasteiger partial charge in [-0.3, -0.25) is 9.59 Å². The second-order valence-corrected chi connectivity index (χ2v) is 9.29. The van der Waals surface area contributed by atoms with Crippen LogP contribution in [0.15, 0.2) is 59.1 Å². The summed E-state index contributed by atoms with van der Waals surface area (Å²) in [4.78, 5) is 28.9. The molecule has 0 unspecified atom stereocenters. The van der Waals surface area contributed by atoms with Gasteiger partial charge >= 0.3 is 12.1 Å². The van der Waals surface area contributed by atoms with Crippen molar-refractivity contribution in [1.82, 2.24) is 15.5 Å². The Morgan fingerprint density at radius 3 is 2.47 bits per heavy atom. The third kappa shape index (κ3) is 6.38. The minimum Gasteiger partial charge on any atom is -0.346 e. The van der Waals surface area contributed by atoms with Gasteiger partial charge in [0.15, 0.2) is 5.78 Å². The van der Waals surface area contributed by atoms with Gasteiger partial charge in [-0.1, -0.05) is 66.2 Å². The first-order chi connectivity index (χ1) is 17.2. The summed E-state index contributed by atoms with van der Waals surface area (Å²) in [7, 11) is 0. The van der Waals surface area contributed by atoms with E-state index in [1.807, 2.05) is 18.2 Å². The van der Waals surface area contributed by atoms with Crippen molar-refractivity contribution in [3.63, 3.8) is 0 Å². The zero-order valence-electron chi connectivity index (χ0n) is 19.9. The Kier molecular flexibility index (Phi) is 7.86. The summed E-state index contributed by atoms with van der Waals surface area (Å²) in [5.74, 6) is -1.44. The predicted octanol–water partition coefficient (Wildman–Crippen LogP) is 5.74. The summed E-state index contributed by atoms with van der Waals surface area (Å²) < 4.78 is 42.2. The number of carbonyl (C=O) groups is 2. The molecule has 4 rings (SSSR count). The molecule has 0 saturated heterocycles. The molecule has 36 heavy (non-hydrogen) atoms. The van der Waals surface area contributed by atoms with Gasteiger partial charge in [-0.2, -0.15) is 18.2 Å². The number of hydrogen-bond acceptors (Lipinski definition) is 5. The molecule has 1 aromatic heterocycles. The number of alkyl halides is 3. The number of halogens is 3. The second-order valence-electron chi connectivity index (χ2n) is 9.29. The molecule has 0 bridgehead atoms. The SMILES string of the molecule is C[C@H](NC(=O)[C@@H]1CCC[C@H](c2ccccc2)C1)C(=O)CCc1ccc(-c2noc(C(F)(F)F)n2)cc1. The third-order valence-corrected chi connectivity index (χ3v) is 6.70. The molecular formula is C27H28F3N3O3. The Labute approximate surface area is 207 Å². The first-order valence-electron chi connectivity index (χ1n) is 12.1. The van der Waals surface area contributed by atoms with Crippen LogP contribution in [-0.4, -0.2) is 27.9 Å². The average molecular weight is 500 g/mol. The van der Waals surface area contributed by atoms with E-state index in [-0.39, 0.29) is 29.9 Å². The predicted molar refractivity (Wildman–Crippen MR) is 127 cm³/mol. The van der Waals surface area contributed by atoms with E-state index < -0.39 is 18.1 Å². The maximum Gasteiger partial charge on any atom is 0.471 e. The topological polar surface area (TPSA) is 85.1 Å². The van der Waals surface area contributed by atoms with Crippen LogP contribution in [0.3, 0.4) is 0 Å². The van der Waals surface area contributed by atoms with Gasteiger partial charge in [0.05, 0.1) is 6.04 Å². The van der Waals surface area contributed by atoms with E-state index in [4.69, 9.17) is 0 Å². The molecule has 3 atom stereocenters. The lowest BCUT2D eigenvalue weighted by molar-refractivity contribution is -0.159. The standard InChI is InChI=1S/C27H28F3N3O3/c1-17(31-25(35)22-9-5-8-21(16-22)19-6-3-2-4-7-19)23(34)15-12-18-10-13-20(14-11-18)24-32-26(36-33-24)27(28,29)30/h2-4,6-7,10-11,13-14,17,21-22H,5,8-9,12,15-16H2,1H3,(H,31,35)/t17-,21-,22+/m0/s1. The quantitative estimate of drug-likeness (QED) is 0.428. The van der Waals surface area contributed by atoms with E-state index in [1.54, 1.807) is 31.2 Å². The number of benzene rings is 2. The zero-order valence-corrected chi connectivity index (χ0v) is 19.9. The molecule has 1 heterocycles. The van der Waals surface area contributed by atoms with Crippen molar-refractivity contribution in [3.8, 4) is 11.4 Å². The highest BCUT2D eigenvalue weighted by atomic mass is 19.4. The molecule has 6 nitrogen and oxygen atoms in total. The van der Waals surface area contributed by atoms with Crippen LogP contribution in [0.4, 0.5) is 13.2 Å². The smallest absolute Gasteiger partial charge is 0.346 e. The summed E-state index contributed by atoms with van der Waals surface area (Å²) in [6.07, 6.45) is -0.356. The van der Waals surface area contributed by atoms with Crippen molar-refractivity contribution in [2.24, 2.45) is 5.92 Å². The lowest BCUT2D eigenvalue weighted by atomic mass is 9.77. The number of nitrogens with one attached hydrogen (secondary N) is 1. The molecule has 1 aliphatic carbocycles. The maximum atomic E-state index is 12.8. The second kappa shape index (κ2) is 11.1. The summed E-state index contributed by atoms with van der Waals surface area (Å²) in [6, 6.07) is 16.2. The van der Waals surface area contributed by atoms with Gasteiger partial charge in [-0.15, -0.1) is 0 Å². The summed E-state index contributed by atoms with van der Waals surface area (Å²) >= 11 is 0. The fourth-order valence-electron chi connectivity index (χ4n) is 4.63. The highest BCUT2D eigenvalue weighted by Gasteiger charge is 2.38. The third-order valence-electron chi connectivity index (χ3n) is 6.70. The monoisotopic (exact) mass is 499 g/mol. The molecular weight excluding hydrogens is 471 g/mol. The number of carbonyl (C=O) groups excluding carboxylic acids is 2. The Balaban J connectivity index is 1.26. The molecule has 1 N–H and O–H groups in total. The van der Waals surface area contributed by atoms with Gasteiger partial charge in [0.1, 0.15) is 0 Å². The van der Waals surface area contributed by atoms with Gasteiger partial charge in [0, 0.05) is 17.9 Å². The van der Waals surface area contributed by atoms with Crippen LogP contribution < -0.4 is 5.32 Å². The van der Waals surface area contributed by atoms with Crippen molar-refractivity contribution in [2.45, 2.75) is 63.6 Å². The number of ketones is 1. The first kappa shape index (κ1) is 25.6. The van der Waals surface area contributed by atoms with Crippen LogP contribution in [0, 0.1) is 5.92 Å². The van der Waals surface area contributed by atoms with E-state index in [2.05, 4.69) is 32.1 Å². The van der Waals surface area contributed by atoms with E-state index in [1.165, 1.54) is 5.56 Å². The molecule has 1 fully saturated rings. The number of rotatable bonds is 8. The number of amides is 1. The van der Waals surface area contributed by atoms with Crippen molar-refractivity contribution in [2.75, 3.05) is 0 Å². The van der Waals surface area contributed by atoms with Crippen LogP contribution in [0.2, 0.25) is 0 Å². The minimum atomic E-state index is -4.70. The number of nitrogens with zero attached hydrogens (tertiary/aromatic N) is 2. The summed E-state index contributed by atoms with van der Waals surface area (Å²) in [5, 5.41) is 6.26. The highest BCUT2D eigenvalue weighted by Crippen LogP contribution is 2.36. The summed E-state index contributed by atoms with van der Waals surface area (Å²) in [5.41, 5.74) is 2.47. The van der Waals surface area contributed by atoms with Crippen LogP contribution in [0.1, 0.15) is 62.0 Å². The van der Waals surface area contributed by atoms with Crippen molar-refractivity contribution < 1.29 is 27.3 Å². The zero-order chi connectivity index (χ0) is 25.7. The largest absolute Gasteiger partial charge is 0.471 e. The fraction of sp³-hybridized carbons (Fsp3) is 0.407. The van der Waals surface area contributed by atoms with Crippen LogP contribution in [0.25, 0.3) is 11.4 Å². The Bertz CT molecular complexity index is 1180. The molecule has 1 saturated carbocycles. The van der Waals surface area contributed by atoms with E-state index in [0.717, 1.165) is 31.2 Å². The summed E-state index contributed by atoms with van der Waals surface area (Å²) in [6.45, 7) is 1.70. The van der Waals surface area contributed by atoms with Crippen LogP contribution in [0.5, 0.6) is 0 Å². The van der Waals surface area contributed by atoms with Crippen molar-refractivity contribution in [1.29, 1.82) is 0 Å². The van der Waals surface area contributed by atoms with Crippen molar-refractivity contribution in [3.05, 3.63) is 71.6 Å². The number of aryl methyl sites for hydroxylation is 1. The van der Waals surface area contributed by atoms with Crippen LogP contribution >= 0.6 is 0 Å². The maximum absolute atomic E-state index is 12.8. The Hall–Kier alpha value is -3.49. The number of Topliss-reactive ketones (excluding diaryl/α,β-unsaturated/α-hetero) is 1. The molecule has 0 aliphatic heterocycles. The highest BCUT2D eigenvalue weighted by molar-refractivity contribution is 5.89. The van der Waals surface area contributed by atoms with Crippen molar-refractivity contribution >= 4 is 11.7 Å². The van der Waals surface area contributed by atoms with E-state index in [9.17, 15) is 22.8 Å². The lowest BCUT2D eigenvalue weighted by Gasteiger charge is -2.29. The average Bonchev–Trinajstić information content (AvgIpc) is 3.39. The van der Waals surface area contributed by atoms with Gasteiger partial charge < -0.3 is 9.84 Å². The number of aromatic nitrogens is 2. The van der Waals surface area contributed by atoms with Gasteiger partial charge in [0.2, 0.25) is 11.7 Å². The fourth-order valence-corrected chi connectivity index (χ4v) is 4.63. The first-order valence-corrected chi connectivity index (χ1v) is 12.1. The van der Waals surface area contributed by atoms with Gasteiger partial charge in [0.25, 0.3) is 0 Å². The minimum absolute atomic E-state index is 0.0702. The number of hydrogen-bond donors (Lipinski definition) is 1. The van der Waals surface area contributed by atoms with E-state index in [0.29, 0.717) is 17.9 Å². The van der Waals surface area contributed by atoms with Gasteiger partial charge in [-0.05, 0) is 49.7 Å². The molecule has 0 radical (unpaired) electrons. The Morgan fingerprint density at radius 1 is 1.08 bits per heavy atom. The van der Waals surface area contributed by atoms with Gasteiger partial charge in [-0.25, -0.2) is 0 Å². The molecule has 1 aliphatic rings. The van der Waals surface area contributed by atoms with Crippen LogP contribution in [-0.2, 0) is 22.2 Å². The molecule has 1 amide bonds. The molecule has 2 aromatic carbocycles. The molecule has 190 valence electrons. The molecule has 9 heteroatoms.